The Balaban J connectivity index is 2.62. The molecule has 0 saturated carbocycles. The van der Waals surface area contributed by atoms with Gasteiger partial charge in [-0.15, -0.1) is 0 Å². The molecule has 1 aromatic carbocycles. The van der Waals surface area contributed by atoms with Crippen LogP contribution < -0.4 is 0 Å². The summed E-state index contributed by atoms with van der Waals surface area (Å²) in [5.74, 6) is -1.59. The van der Waals surface area contributed by atoms with E-state index in [9.17, 15) is 22.0 Å². The number of aliphatic hydroxyl groups is 1. The Morgan fingerprint density at radius 2 is 1.89 bits per heavy atom. The van der Waals surface area contributed by atoms with Gasteiger partial charge in [0, 0.05) is 24.7 Å². The lowest BCUT2D eigenvalue weighted by atomic mass is 10.2. The Kier molecular flexibility index (Phi) is 4.64. The van der Waals surface area contributed by atoms with Crippen molar-refractivity contribution in [2.75, 3.05) is 13.6 Å². The van der Waals surface area contributed by atoms with Crippen LogP contribution in [0.15, 0.2) is 18.2 Å². The molecule has 1 atom stereocenters. The SMILES string of the molecule is CN(Cc1ccc(F)cc1F)CC(O)C(F)(F)F. The first-order chi connectivity index (χ1) is 8.20. The second-order valence-electron chi connectivity index (χ2n) is 3.99. The lowest BCUT2D eigenvalue weighted by molar-refractivity contribution is -0.207. The first-order valence-electron chi connectivity index (χ1n) is 5.07. The number of alkyl halides is 3. The molecule has 0 aliphatic carbocycles. The van der Waals surface area contributed by atoms with Crippen molar-refractivity contribution in [1.29, 1.82) is 0 Å². The molecule has 0 aromatic heterocycles. The molecule has 0 fully saturated rings. The fraction of sp³-hybridized carbons (Fsp3) is 0.455. The standard InChI is InChI=1S/C11H12F5NO/c1-17(6-10(18)11(14,15)16)5-7-2-3-8(12)4-9(7)13/h2-4,10,18H,5-6H2,1H3. The average molecular weight is 269 g/mol. The van der Waals surface area contributed by atoms with E-state index in [1.807, 2.05) is 0 Å². The maximum Gasteiger partial charge on any atom is 0.415 e. The maximum atomic E-state index is 13.2. The van der Waals surface area contributed by atoms with Crippen molar-refractivity contribution in [3.8, 4) is 0 Å². The summed E-state index contributed by atoms with van der Waals surface area (Å²) in [5, 5.41) is 8.83. The molecule has 7 heteroatoms. The monoisotopic (exact) mass is 269 g/mol. The Hall–Kier alpha value is -1.21. The number of nitrogens with zero attached hydrogens (tertiary/aromatic N) is 1. The Morgan fingerprint density at radius 3 is 2.39 bits per heavy atom. The van der Waals surface area contributed by atoms with Crippen molar-refractivity contribution in [3.63, 3.8) is 0 Å². The minimum atomic E-state index is -4.71. The van der Waals surface area contributed by atoms with E-state index in [0.717, 1.165) is 17.0 Å². The number of halogens is 5. The van der Waals surface area contributed by atoms with Crippen molar-refractivity contribution < 1.29 is 27.1 Å². The van der Waals surface area contributed by atoms with Crippen molar-refractivity contribution in [1.82, 2.24) is 4.90 Å². The fourth-order valence-corrected chi connectivity index (χ4v) is 1.40. The normalized spacial score (nSPS) is 14.0. The molecule has 0 aliphatic rings. The third-order valence-corrected chi connectivity index (χ3v) is 2.32. The zero-order chi connectivity index (χ0) is 13.9. The highest BCUT2D eigenvalue weighted by Crippen LogP contribution is 2.21. The maximum absolute atomic E-state index is 13.2. The van der Waals surface area contributed by atoms with Gasteiger partial charge in [0.2, 0.25) is 0 Å². The van der Waals surface area contributed by atoms with E-state index in [4.69, 9.17) is 5.11 Å². The molecule has 0 aliphatic heterocycles. The molecule has 1 rings (SSSR count). The number of benzene rings is 1. The van der Waals surface area contributed by atoms with Crippen LogP contribution in [0.5, 0.6) is 0 Å². The first kappa shape index (κ1) is 14.8. The van der Waals surface area contributed by atoms with Crippen molar-refractivity contribution in [3.05, 3.63) is 35.4 Å². The van der Waals surface area contributed by atoms with Gasteiger partial charge in [-0.2, -0.15) is 13.2 Å². The van der Waals surface area contributed by atoms with Gasteiger partial charge < -0.3 is 5.11 Å². The summed E-state index contributed by atoms with van der Waals surface area (Å²) in [6.45, 7) is -0.834. The van der Waals surface area contributed by atoms with E-state index in [0.29, 0.717) is 6.07 Å². The minimum Gasteiger partial charge on any atom is -0.382 e. The van der Waals surface area contributed by atoms with Crippen LogP contribution >= 0.6 is 0 Å². The lowest BCUT2D eigenvalue weighted by Crippen LogP contribution is -2.39. The van der Waals surface area contributed by atoms with Gasteiger partial charge in [-0.25, -0.2) is 8.78 Å². The van der Waals surface area contributed by atoms with Crippen molar-refractivity contribution >= 4 is 0 Å². The van der Waals surface area contributed by atoms with Crippen LogP contribution in [-0.4, -0.2) is 35.9 Å². The molecule has 18 heavy (non-hydrogen) atoms. The second-order valence-corrected chi connectivity index (χ2v) is 3.99. The van der Waals surface area contributed by atoms with Crippen LogP contribution in [0.2, 0.25) is 0 Å². The summed E-state index contributed by atoms with van der Waals surface area (Å²) in [4.78, 5) is 1.11. The second kappa shape index (κ2) is 5.62. The fourth-order valence-electron chi connectivity index (χ4n) is 1.40. The van der Waals surface area contributed by atoms with E-state index >= 15 is 0 Å². The number of hydrogen-bond acceptors (Lipinski definition) is 2. The Morgan fingerprint density at radius 1 is 1.28 bits per heavy atom. The predicted octanol–water partition coefficient (Wildman–Crippen LogP) is 2.32. The highest BCUT2D eigenvalue weighted by molar-refractivity contribution is 5.18. The summed E-state index contributed by atoms with van der Waals surface area (Å²) in [5.41, 5.74) is 0.0632. The zero-order valence-corrected chi connectivity index (χ0v) is 9.51. The summed E-state index contributed by atoms with van der Waals surface area (Å²) in [7, 11) is 1.30. The number of rotatable bonds is 4. The Labute approximate surface area is 101 Å². The predicted molar refractivity (Wildman–Crippen MR) is 54.8 cm³/mol. The smallest absolute Gasteiger partial charge is 0.382 e. The molecule has 1 unspecified atom stereocenters. The van der Waals surface area contributed by atoms with Crippen LogP contribution in [-0.2, 0) is 6.54 Å². The van der Waals surface area contributed by atoms with Gasteiger partial charge in [-0.3, -0.25) is 4.90 Å². The molecule has 0 heterocycles. The van der Waals surface area contributed by atoms with Gasteiger partial charge in [0.1, 0.15) is 11.6 Å². The zero-order valence-electron chi connectivity index (χ0n) is 9.51. The molecule has 1 N–H and O–H groups in total. The van der Waals surface area contributed by atoms with Gasteiger partial charge in [0.15, 0.2) is 6.10 Å². The van der Waals surface area contributed by atoms with Gasteiger partial charge in [-0.05, 0) is 13.1 Å². The van der Waals surface area contributed by atoms with E-state index < -0.39 is 30.5 Å². The van der Waals surface area contributed by atoms with Gasteiger partial charge >= 0.3 is 6.18 Å². The molecule has 0 spiro atoms. The molecule has 1 aromatic rings. The van der Waals surface area contributed by atoms with Gasteiger partial charge in [-0.1, -0.05) is 6.07 Å². The Bertz CT molecular complexity index is 407. The van der Waals surface area contributed by atoms with Gasteiger partial charge in [0.25, 0.3) is 0 Å². The molecule has 0 amide bonds. The summed E-state index contributed by atoms with van der Waals surface area (Å²) < 4.78 is 62.1. The molecule has 0 bridgehead atoms. The quantitative estimate of drug-likeness (QED) is 0.848. The number of hydrogen-bond donors (Lipinski definition) is 1. The van der Waals surface area contributed by atoms with E-state index in [2.05, 4.69) is 0 Å². The van der Waals surface area contributed by atoms with Crippen LogP contribution in [0.3, 0.4) is 0 Å². The molecule has 0 saturated heterocycles. The lowest BCUT2D eigenvalue weighted by Gasteiger charge is -2.22. The molecule has 2 nitrogen and oxygen atoms in total. The molecular weight excluding hydrogens is 257 g/mol. The van der Waals surface area contributed by atoms with Gasteiger partial charge in [0.05, 0.1) is 0 Å². The van der Waals surface area contributed by atoms with Crippen molar-refractivity contribution in [2.24, 2.45) is 0 Å². The van der Waals surface area contributed by atoms with Crippen LogP contribution in [0.1, 0.15) is 5.56 Å². The molecule has 0 radical (unpaired) electrons. The summed E-state index contributed by atoms with van der Waals surface area (Å²) in [6.07, 6.45) is -7.21. The first-order valence-corrected chi connectivity index (χ1v) is 5.07. The third-order valence-electron chi connectivity index (χ3n) is 2.32. The summed E-state index contributed by atoms with van der Waals surface area (Å²) >= 11 is 0. The van der Waals surface area contributed by atoms with Crippen LogP contribution in [0, 0.1) is 11.6 Å². The van der Waals surface area contributed by atoms with Crippen LogP contribution in [0.4, 0.5) is 22.0 Å². The average Bonchev–Trinajstić information content (AvgIpc) is 2.20. The number of likely N-dealkylation sites (N-methyl/N-ethyl adjacent to an activating group) is 1. The van der Waals surface area contributed by atoms with Crippen LogP contribution in [0.25, 0.3) is 0 Å². The molecule has 102 valence electrons. The van der Waals surface area contributed by atoms with E-state index in [1.165, 1.54) is 7.05 Å². The van der Waals surface area contributed by atoms with E-state index in [-0.39, 0.29) is 12.1 Å². The topological polar surface area (TPSA) is 23.5 Å². The third kappa shape index (κ3) is 4.23. The highest BCUT2D eigenvalue weighted by Gasteiger charge is 2.38. The largest absolute Gasteiger partial charge is 0.415 e. The highest BCUT2D eigenvalue weighted by atomic mass is 19.4. The van der Waals surface area contributed by atoms with E-state index in [1.54, 1.807) is 0 Å². The number of aliphatic hydroxyl groups excluding tert-OH is 1. The minimum absolute atomic E-state index is 0.0632. The van der Waals surface area contributed by atoms with Crippen molar-refractivity contribution in [2.45, 2.75) is 18.8 Å². The molecular formula is C11H12F5NO. The summed E-state index contributed by atoms with van der Waals surface area (Å²) in [6, 6.07) is 2.83.